The molecule has 0 aliphatic carbocycles. The summed E-state index contributed by atoms with van der Waals surface area (Å²) < 4.78 is 12.4. The number of anilines is 1. The Balaban J connectivity index is 1.60. The van der Waals surface area contributed by atoms with Gasteiger partial charge >= 0.3 is 0 Å². The van der Waals surface area contributed by atoms with Crippen LogP contribution in [0.1, 0.15) is 29.2 Å². The van der Waals surface area contributed by atoms with E-state index in [4.69, 9.17) is 9.47 Å². The summed E-state index contributed by atoms with van der Waals surface area (Å²) in [5, 5.41) is 5.93. The van der Waals surface area contributed by atoms with Crippen LogP contribution < -0.4 is 14.8 Å². The molecule has 0 spiro atoms. The summed E-state index contributed by atoms with van der Waals surface area (Å²) in [5.74, 6) is 1.57. The molecule has 0 aliphatic rings. The van der Waals surface area contributed by atoms with Crippen LogP contribution in [0.3, 0.4) is 0 Å². The zero-order valence-corrected chi connectivity index (χ0v) is 19.4. The number of nitrogens with one attached hydrogen (secondary N) is 1. The van der Waals surface area contributed by atoms with Gasteiger partial charge in [-0.15, -0.1) is 6.58 Å². The van der Waals surface area contributed by atoms with Crippen molar-refractivity contribution >= 4 is 16.5 Å². The minimum atomic E-state index is 0.479. The van der Waals surface area contributed by atoms with Crippen LogP contribution in [0.5, 0.6) is 11.5 Å². The maximum Gasteiger partial charge on any atom is 0.165 e. The van der Waals surface area contributed by atoms with E-state index in [1.54, 1.807) is 0 Å². The van der Waals surface area contributed by atoms with Gasteiger partial charge in [-0.3, -0.25) is 0 Å². The summed E-state index contributed by atoms with van der Waals surface area (Å²) in [7, 11) is 0. The van der Waals surface area contributed by atoms with E-state index in [0.717, 1.165) is 33.9 Å². The first-order valence-electron chi connectivity index (χ1n) is 11.5. The van der Waals surface area contributed by atoms with Crippen LogP contribution in [0.15, 0.2) is 91.5 Å². The van der Waals surface area contributed by atoms with Crippen molar-refractivity contribution in [3.05, 3.63) is 114 Å². The fraction of sp³-hybridized carbons (Fsp3) is 0.200. The summed E-state index contributed by atoms with van der Waals surface area (Å²) in [5.41, 5.74) is 5.73. The van der Waals surface area contributed by atoms with E-state index >= 15 is 0 Å². The molecule has 4 aromatic rings. The lowest BCUT2D eigenvalue weighted by Crippen LogP contribution is -2.06. The molecular weight excluding hydrogens is 406 g/mol. The van der Waals surface area contributed by atoms with E-state index in [0.29, 0.717) is 26.2 Å². The van der Waals surface area contributed by atoms with Crippen molar-refractivity contribution in [1.29, 1.82) is 0 Å². The molecule has 0 amide bonds. The largest absolute Gasteiger partial charge is 0.490 e. The number of allylic oxidation sites excluding steroid dienone is 1. The third kappa shape index (κ3) is 5.56. The normalized spacial score (nSPS) is 10.7. The van der Waals surface area contributed by atoms with E-state index in [1.807, 2.05) is 13.0 Å². The Kier molecular flexibility index (Phi) is 7.31. The van der Waals surface area contributed by atoms with Gasteiger partial charge in [0.15, 0.2) is 11.5 Å². The molecule has 168 valence electrons. The highest BCUT2D eigenvalue weighted by molar-refractivity contribution is 5.85. The predicted octanol–water partition coefficient (Wildman–Crippen LogP) is 7.47. The first kappa shape index (κ1) is 22.5. The van der Waals surface area contributed by atoms with Crippen LogP contribution in [0, 0.1) is 6.92 Å². The average molecular weight is 438 g/mol. The number of hydrogen-bond donors (Lipinski definition) is 1. The second kappa shape index (κ2) is 10.7. The summed E-state index contributed by atoms with van der Waals surface area (Å²) in [4.78, 5) is 0. The van der Waals surface area contributed by atoms with Crippen molar-refractivity contribution in [2.45, 2.75) is 33.4 Å². The van der Waals surface area contributed by atoms with E-state index in [1.165, 1.54) is 16.3 Å². The predicted molar refractivity (Wildman–Crippen MR) is 138 cm³/mol. The van der Waals surface area contributed by atoms with Gasteiger partial charge in [-0.1, -0.05) is 66.2 Å². The lowest BCUT2D eigenvalue weighted by molar-refractivity contribution is 0.267. The van der Waals surface area contributed by atoms with E-state index in [-0.39, 0.29) is 0 Å². The lowest BCUT2D eigenvalue weighted by Gasteiger charge is -2.18. The molecule has 0 bridgehead atoms. The van der Waals surface area contributed by atoms with Crippen molar-refractivity contribution in [3.63, 3.8) is 0 Å². The van der Waals surface area contributed by atoms with E-state index < -0.39 is 0 Å². The molecule has 4 rings (SSSR count). The molecule has 1 N–H and O–H groups in total. The summed E-state index contributed by atoms with van der Waals surface area (Å²) in [6.07, 6.45) is 2.62. The molecule has 0 aromatic heterocycles. The molecule has 0 aliphatic heterocycles. The van der Waals surface area contributed by atoms with Gasteiger partial charge in [0.1, 0.15) is 6.61 Å². The Morgan fingerprint density at radius 2 is 1.67 bits per heavy atom. The minimum Gasteiger partial charge on any atom is -0.490 e. The van der Waals surface area contributed by atoms with Gasteiger partial charge in [-0.25, -0.2) is 0 Å². The maximum atomic E-state index is 6.41. The van der Waals surface area contributed by atoms with E-state index in [2.05, 4.69) is 97.7 Å². The molecule has 0 atom stereocenters. The zero-order valence-electron chi connectivity index (χ0n) is 19.4. The zero-order chi connectivity index (χ0) is 23.0. The van der Waals surface area contributed by atoms with E-state index in [9.17, 15) is 0 Å². The van der Waals surface area contributed by atoms with Gasteiger partial charge in [-0.05, 0) is 66.4 Å². The SMILES string of the molecule is C=CCc1cc(CNc2ccc(C)cc2)cc(OCC)c1OCc1cccc2ccccc12. The third-order valence-corrected chi connectivity index (χ3v) is 5.66. The molecule has 0 saturated heterocycles. The molecule has 4 aromatic carbocycles. The number of fused-ring (bicyclic) bond motifs is 1. The molecule has 33 heavy (non-hydrogen) atoms. The topological polar surface area (TPSA) is 30.5 Å². The monoisotopic (exact) mass is 437 g/mol. The van der Waals surface area contributed by atoms with Crippen LogP contribution in [-0.2, 0) is 19.6 Å². The lowest BCUT2D eigenvalue weighted by atomic mass is 10.0. The van der Waals surface area contributed by atoms with Crippen LogP contribution in [0.25, 0.3) is 10.8 Å². The van der Waals surface area contributed by atoms with Gasteiger partial charge in [0.2, 0.25) is 0 Å². The Bertz CT molecular complexity index is 1220. The molecule has 0 radical (unpaired) electrons. The van der Waals surface area contributed by atoms with Gasteiger partial charge in [0, 0.05) is 17.8 Å². The number of aryl methyl sites for hydroxylation is 1. The Morgan fingerprint density at radius 3 is 2.45 bits per heavy atom. The number of benzene rings is 4. The summed E-state index contributed by atoms with van der Waals surface area (Å²) >= 11 is 0. The third-order valence-electron chi connectivity index (χ3n) is 5.66. The smallest absolute Gasteiger partial charge is 0.165 e. The molecule has 0 saturated carbocycles. The number of rotatable bonds is 10. The molecule has 3 nitrogen and oxygen atoms in total. The highest BCUT2D eigenvalue weighted by Crippen LogP contribution is 2.35. The van der Waals surface area contributed by atoms with Crippen LogP contribution in [0.2, 0.25) is 0 Å². The molecule has 0 unspecified atom stereocenters. The Labute approximate surface area is 196 Å². The van der Waals surface area contributed by atoms with Crippen LogP contribution in [0.4, 0.5) is 5.69 Å². The molecular formula is C30H31NO2. The Hall–Kier alpha value is -3.72. The standard InChI is InChI=1S/C30H31NO2/c1-4-9-25-18-23(20-31-27-16-14-22(3)15-17-27)19-29(32-5-2)30(25)33-21-26-12-8-11-24-10-6-7-13-28(24)26/h4,6-8,10-19,31H,1,5,9,20-21H2,2-3H3. The minimum absolute atomic E-state index is 0.479. The quantitative estimate of drug-likeness (QED) is 0.261. The van der Waals surface area contributed by atoms with Crippen molar-refractivity contribution in [2.24, 2.45) is 0 Å². The maximum absolute atomic E-state index is 6.41. The molecule has 0 heterocycles. The Morgan fingerprint density at radius 1 is 0.879 bits per heavy atom. The fourth-order valence-electron chi connectivity index (χ4n) is 4.00. The van der Waals surface area contributed by atoms with Crippen molar-refractivity contribution < 1.29 is 9.47 Å². The molecule has 0 fully saturated rings. The van der Waals surface area contributed by atoms with Gasteiger partial charge in [0.05, 0.1) is 6.61 Å². The second-order valence-electron chi connectivity index (χ2n) is 8.15. The summed E-state index contributed by atoms with van der Waals surface area (Å²) in [6, 6.07) is 27.4. The summed E-state index contributed by atoms with van der Waals surface area (Å²) in [6.45, 7) is 9.80. The van der Waals surface area contributed by atoms with Gasteiger partial charge < -0.3 is 14.8 Å². The first-order valence-corrected chi connectivity index (χ1v) is 11.5. The number of ether oxygens (including phenoxy) is 2. The number of hydrogen-bond acceptors (Lipinski definition) is 3. The molecule has 3 heteroatoms. The van der Waals surface area contributed by atoms with Crippen molar-refractivity contribution in [1.82, 2.24) is 0 Å². The van der Waals surface area contributed by atoms with Crippen molar-refractivity contribution in [2.75, 3.05) is 11.9 Å². The first-order chi connectivity index (χ1) is 16.2. The second-order valence-corrected chi connectivity index (χ2v) is 8.15. The highest BCUT2D eigenvalue weighted by atomic mass is 16.5. The van der Waals surface area contributed by atoms with Crippen LogP contribution >= 0.6 is 0 Å². The van der Waals surface area contributed by atoms with Crippen molar-refractivity contribution in [3.8, 4) is 11.5 Å². The highest BCUT2D eigenvalue weighted by Gasteiger charge is 2.14. The van der Waals surface area contributed by atoms with Gasteiger partial charge in [-0.2, -0.15) is 0 Å². The van der Waals surface area contributed by atoms with Crippen LogP contribution in [-0.4, -0.2) is 6.61 Å². The van der Waals surface area contributed by atoms with Gasteiger partial charge in [0.25, 0.3) is 0 Å². The fourth-order valence-corrected chi connectivity index (χ4v) is 4.00. The average Bonchev–Trinajstić information content (AvgIpc) is 2.83.